The molecule has 4 aromatic rings. The van der Waals surface area contributed by atoms with Crippen LogP contribution in [0, 0.1) is 0 Å². The molecule has 4 rings (SSSR count). The Hall–Kier alpha value is -2.93. The minimum Gasteiger partial charge on any atom is -0.408 e. The second-order valence-electron chi connectivity index (χ2n) is 6.27. The van der Waals surface area contributed by atoms with Gasteiger partial charge >= 0.3 is 5.76 Å². The van der Waals surface area contributed by atoms with Crippen molar-refractivity contribution in [2.45, 2.75) is 25.8 Å². The largest absolute Gasteiger partial charge is 0.419 e. The molecule has 0 aliphatic rings. The number of nitrogens with one attached hydrogen (secondary N) is 1. The van der Waals surface area contributed by atoms with Gasteiger partial charge in [-0.25, -0.2) is 9.78 Å². The van der Waals surface area contributed by atoms with Crippen LogP contribution < -0.4 is 11.1 Å². The minimum atomic E-state index is -0.382. The first-order valence-corrected chi connectivity index (χ1v) is 9.72. The van der Waals surface area contributed by atoms with Crippen LogP contribution in [-0.4, -0.2) is 22.0 Å². The number of oxazole rings is 1. The molecule has 0 saturated carbocycles. The lowest BCUT2D eigenvalue weighted by atomic mass is 10.2. The van der Waals surface area contributed by atoms with Gasteiger partial charge in [0.1, 0.15) is 0 Å². The standard InChI is InChI=1S/C20H19N3O3S/c24-18(21-12-11-19-22-14-6-1-4-9-17(14)27-19)10-5-13-23-15-7-2-3-8-16(15)26-20(23)25/h1-4,6-9H,5,10-13H2,(H,21,24). The normalized spacial score (nSPS) is 11.3. The van der Waals surface area contributed by atoms with Gasteiger partial charge in [0.25, 0.3) is 0 Å². The Morgan fingerprint density at radius 3 is 2.85 bits per heavy atom. The number of benzene rings is 2. The molecule has 0 spiro atoms. The molecular formula is C20H19N3O3S. The second kappa shape index (κ2) is 7.75. The number of fused-ring (bicyclic) bond motifs is 2. The summed E-state index contributed by atoms with van der Waals surface area (Å²) in [5, 5.41) is 3.95. The van der Waals surface area contributed by atoms with Crippen LogP contribution >= 0.6 is 11.3 Å². The molecule has 0 aliphatic heterocycles. The quantitative estimate of drug-likeness (QED) is 0.533. The summed E-state index contributed by atoms with van der Waals surface area (Å²) in [6.07, 6.45) is 1.67. The highest BCUT2D eigenvalue weighted by Crippen LogP contribution is 2.21. The first-order chi connectivity index (χ1) is 13.2. The van der Waals surface area contributed by atoms with E-state index in [9.17, 15) is 9.59 Å². The zero-order chi connectivity index (χ0) is 18.6. The molecule has 0 saturated heterocycles. The number of carbonyl (C=O) groups is 1. The molecule has 2 aromatic heterocycles. The van der Waals surface area contributed by atoms with Crippen molar-refractivity contribution in [3.8, 4) is 0 Å². The molecule has 1 amide bonds. The predicted octanol–water partition coefficient (Wildman–Crippen LogP) is 3.34. The van der Waals surface area contributed by atoms with E-state index in [0.717, 1.165) is 27.2 Å². The van der Waals surface area contributed by atoms with Gasteiger partial charge < -0.3 is 9.73 Å². The lowest BCUT2D eigenvalue weighted by Crippen LogP contribution is -2.26. The van der Waals surface area contributed by atoms with Crippen LogP contribution in [0.15, 0.2) is 57.7 Å². The van der Waals surface area contributed by atoms with Crippen molar-refractivity contribution < 1.29 is 9.21 Å². The SMILES string of the molecule is O=C(CCCn1c(=O)oc2ccccc21)NCCc1nc2ccccc2s1. The highest BCUT2D eigenvalue weighted by molar-refractivity contribution is 7.18. The van der Waals surface area contributed by atoms with Gasteiger partial charge in [0, 0.05) is 25.9 Å². The van der Waals surface area contributed by atoms with E-state index in [1.165, 1.54) is 0 Å². The van der Waals surface area contributed by atoms with Crippen molar-refractivity contribution in [1.82, 2.24) is 14.9 Å². The number of carbonyl (C=O) groups excluding carboxylic acids is 1. The molecule has 2 heterocycles. The molecule has 1 N–H and O–H groups in total. The summed E-state index contributed by atoms with van der Waals surface area (Å²) in [6, 6.07) is 15.3. The monoisotopic (exact) mass is 381 g/mol. The maximum Gasteiger partial charge on any atom is 0.419 e. The lowest BCUT2D eigenvalue weighted by molar-refractivity contribution is -0.121. The van der Waals surface area contributed by atoms with Gasteiger partial charge in [-0.3, -0.25) is 9.36 Å². The number of hydrogen-bond acceptors (Lipinski definition) is 5. The molecule has 0 bridgehead atoms. The number of para-hydroxylation sites is 3. The molecule has 6 nitrogen and oxygen atoms in total. The molecule has 7 heteroatoms. The number of thiazole rings is 1. The van der Waals surface area contributed by atoms with Gasteiger partial charge in [-0.1, -0.05) is 24.3 Å². The fourth-order valence-corrected chi connectivity index (χ4v) is 4.01. The number of amides is 1. The van der Waals surface area contributed by atoms with Gasteiger partial charge in [-0.2, -0.15) is 0 Å². The number of hydrogen-bond donors (Lipinski definition) is 1. The van der Waals surface area contributed by atoms with Crippen molar-refractivity contribution in [3.05, 3.63) is 64.1 Å². The predicted molar refractivity (Wildman–Crippen MR) is 106 cm³/mol. The van der Waals surface area contributed by atoms with Gasteiger partial charge in [0.15, 0.2) is 5.58 Å². The average Bonchev–Trinajstić information content (AvgIpc) is 3.22. The minimum absolute atomic E-state index is 0.0167. The van der Waals surface area contributed by atoms with Crippen molar-refractivity contribution in [3.63, 3.8) is 0 Å². The summed E-state index contributed by atoms with van der Waals surface area (Å²) < 4.78 is 7.93. The second-order valence-corrected chi connectivity index (χ2v) is 7.38. The zero-order valence-corrected chi connectivity index (χ0v) is 15.5. The summed E-state index contributed by atoms with van der Waals surface area (Å²) in [5.74, 6) is -0.399. The van der Waals surface area contributed by atoms with E-state index in [4.69, 9.17) is 4.42 Å². The molecule has 0 unspecified atom stereocenters. The van der Waals surface area contributed by atoms with Crippen LogP contribution in [0.25, 0.3) is 21.3 Å². The summed E-state index contributed by atoms with van der Waals surface area (Å²) >= 11 is 1.66. The maximum atomic E-state index is 12.0. The average molecular weight is 381 g/mol. The van der Waals surface area contributed by atoms with Crippen molar-refractivity contribution >= 4 is 38.6 Å². The maximum absolute atomic E-state index is 12.0. The number of nitrogens with zero attached hydrogens (tertiary/aromatic N) is 2. The first kappa shape index (κ1) is 17.5. The van der Waals surface area contributed by atoms with E-state index in [1.807, 2.05) is 36.4 Å². The molecule has 0 atom stereocenters. The Morgan fingerprint density at radius 1 is 1.15 bits per heavy atom. The number of rotatable bonds is 7. The molecule has 0 fully saturated rings. The van der Waals surface area contributed by atoms with Gasteiger partial charge in [0.05, 0.1) is 20.7 Å². The van der Waals surface area contributed by atoms with E-state index in [-0.39, 0.29) is 11.7 Å². The Bertz CT molecular complexity index is 1110. The Morgan fingerprint density at radius 2 is 1.96 bits per heavy atom. The molecule has 27 heavy (non-hydrogen) atoms. The summed E-state index contributed by atoms with van der Waals surface area (Å²) in [7, 11) is 0. The van der Waals surface area contributed by atoms with Gasteiger partial charge in [-0.05, 0) is 30.7 Å². The lowest BCUT2D eigenvalue weighted by Gasteiger charge is -2.04. The van der Waals surface area contributed by atoms with Crippen LogP contribution in [0.5, 0.6) is 0 Å². The van der Waals surface area contributed by atoms with E-state index in [1.54, 1.807) is 22.0 Å². The van der Waals surface area contributed by atoms with Crippen LogP contribution in [0.4, 0.5) is 0 Å². The van der Waals surface area contributed by atoms with Gasteiger partial charge in [0.2, 0.25) is 5.91 Å². The highest BCUT2D eigenvalue weighted by Gasteiger charge is 2.09. The third-order valence-corrected chi connectivity index (χ3v) is 5.45. The van der Waals surface area contributed by atoms with E-state index in [2.05, 4.69) is 16.4 Å². The summed E-state index contributed by atoms with van der Waals surface area (Å²) in [6.45, 7) is 1.02. The van der Waals surface area contributed by atoms with Crippen LogP contribution in [0.1, 0.15) is 17.8 Å². The van der Waals surface area contributed by atoms with Crippen LogP contribution in [0.3, 0.4) is 0 Å². The van der Waals surface area contributed by atoms with Gasteiger partial charge in [-0.15, -0.1) is 11.3 Å². The van der Waals surface area contributed by atoms with E-state index < -0.39 is 0 Å². The summed E-state index contributed by atoms with van der Waals surface area (Å²) in [5.41, 5.74) is 2.34. The molecular weight excluding hydrogens is 362 g/mol. The van der Waals surface area contributed by atoms with Crippen molar-refractivity contribution in [1.29, 1.82) is 0 Å². The fraction of sp³-hybridized carbons (Fsp3) is 0.250. The Kier molecular flexibility index (Phi) is 5.02. The van der Waals surface area contributed by atoms with Crippen LogP contribution in [-0.2, 0) is 17.8 Å². The highest BCUT2D eigenvalue weighted by atomic mass is 32.1. The smallest absolute Gasteiger partial charge is 0.408 e. The zero-order valence-electron chi connectivity index (χ0n) is 14.7. The third-order valence-electron chi connectivity index (χ3n) is 4.36. The molecule has 2 aromatic carbocycles. The fourth-order valence-electron chi connectivity index (χ4n) is 3.05. The molecule has 0 aliphatic carbocycles. The van der Waals surface area contributed by atoms with E-state index >= 15 is 0 Å². The Labute approximate surface area is 159 Å². The first-order valence-electron chi connectivity index (χ1n) is 8.90. The number of aryl methyl sites for hydroxylation is 1. The van der Waals surface area contributed by atoms with Crippen LogP contribution in [0.2, 0.25) is 0 Å². The number of aromatic nitrogens is 2. The molecule has 138 valence electrons. The third kappa shape index (κ3) is 3.93. The van der Waals surface area contributed by atoms with E-state index in [0.29, 0.717) is 31.5 Å². The summed E-state index contributed by atoms with van der Waals surface area (Å²) in [4.78, 5) is 28.5. The van der Waals surface area contributed by atoms with Crippen molar-refractivity contribution in [2.24, 2.45) is 0 Å². The van der Waals surface area contributed by atoms with Crippen molar-refractivity contribution in [2.75, 3.05) is 6.54 Å². The Balaban J connectivity index is 1.25. The topological polar surface area (TPSA) is 77.1 Å². The molecule has 0 radical (unpaired) electrons.